The van der Waals surface area contributed by atoms with Gasteiger partial charge >= 0.3 is 0 Å². The minimum absolute atomic E-state index is 0.913. The number of aromatic nitrogens is 1. The van der Waals surface area contributed by atoms with Crippen LogP contribution in [0, 0.1) is 19.3 Å². The molecule has 0 aliphatic carbocycles. The fourth-order valence-electron chi connectivity index (χ4n) is 1.37. The second-order valence-corrected chi connectivity index (χ2v) is 3.36. The van der Waals surface area contributed by atoms with Crippen molar-refractivity contribution in [2.24, 2.45) is 0 Å². The molecule has 0 aromatic carbocycles. The van der Waals surface area contributed by atoms with E-state index in [9.17, 15) is 0 Å². The Morgan fingerprint density at radius 3 is 2.73 bits per heavy atom. The number of hydrogen-bond donors (Lipinski definition) is 1. The van der Waals surface area contributed by atoms with Crippen LogP contribution in [0.25, 0.3) is 5.57 Å². The van der Waals surface area contributed by atoms with Crippen molar-refractivity contribution in [1.29, 1.82) is 5.41 Å². The van der Waals surface area contributed by atoms with E-state index in [1.807, 2.05) is 45.1 Å². The highest BCUT2D eigenvalue weighted by atomic mass is 14.7. The summed E-state index contributed by atoms with van der Waals surface area (Å²) in [6.07, 6.45) is 8.99. The van der Waals surface area contributed by atoms with E-state index in [0.29, 0.717) is 0 Å². The van der Waals surface area contributed by atoms with Gasteiger partial charge in [0.25, 0.3) is 0 Å². The molecule has 1 aromatic rings. The van der Waals surface area contributed by atoms with Crippen molar-refractivity contribution >= 4 is 11.8 Å². The highest BCUT2D eigenvalue weighted by Gasteiger charge is 2.04. The quantitative estimate of drug-likeness (QED) is 0.590. The van der Waals surface area contributed by atoms with E-state index in [4.69, 9.17) is 5.41 Å². The summed E-state index contributed by atoms with van der Waals surface area (Å²) in [6.45, 7) is 5.98. The number of hydrogen-bond acceptors (Lipinski definition) is 2. The monoisotopic (exact) mass is 200 g/mol. The maximum absolute atomic E-state index is 7.40. The molecule has 2 nitrogen and oxygen atoms in total. The molecule has 0 radical (unpaired) electrons. The van der Waals surface area contributed by atoms with Gasteiger partial charge in [0.1, 0.15) is 0 Å². The maximum Gasteiger partial charge on any atom is 0.0407 e. The fraction of sp³-hybridized carbons (Fsp3) is 0.231. The summed E-state index contributed by atoms with van der Waals surface area (Å²) in [5.41, 5.74) is 4.14. The standard InChI is InChI=1S/C13H16N2/c1-4-5-6-12(9-14)13-7-8-15-11(3)10(13)2/h4-9,14H,1-3H3/b5-4-,12-6+,14-9?. The van der Waals surface area contributed by atoms with E-state index in [1.165, 1.54) is 6.21 Å². The van der Waals surface area contributed by atoms with Crippen molar-refractivity contribution in [2.75, 3.05) is 0 Å². The number of aryl methyl sites for hydroxylation is 1. The average molecular weight is 200 g/mol. The predicted octanol–water partition coefficient (Wildman–Crippen LogP) is 3.31. The van der Waals surface area contributed by atoms with Crippen LogP contribution < -0.4 is 0 Å². The highest BCUT2D eigenvalue weighted by Crippen LogP contribution is 2.18. The first-order valence-corrected chi connectivity index (χ1v) is 4.96. The molecule has 0 aliphatic heterocycles. The lowest BCUT2D eigenvalue weighted by Gasteiger charge is -2.07. The Kier molecular flexibility index (Phi) is 3.98. The SMILES string of the molecule is C/C=C\C=C(/C=N)c1ccnc(C)c1C. The Hall–Kier alpha value is -1.70. The van der Waals surface area contributed by atoms with Gasteiger partial charge in [-0.15, -0.1) is 0 Å². The summed E-state index contributed by atoms with van der Waals surface area (Å²) >= 11 is 0. The molecule has 1 aromatic heterocycles. The third kappa shape index (κ3) is 2.62. The van der Waals surface area contributed by atoms with E-state index in [2.05, 4.69) is 4.98 Å². The summed E-state index contributed by atoms with van der Waals surface area (Å²) in [7, 11) is 0. The number of rotatable bonds is 3. The molecule has 0 bridgehead atoms. The molecule has 0 spiro atoms. The van der Waals surface area contributed by atoms with Gasteiger partial charge in [-0.3, -0.25) is 4.98 Å². The van der Waals surface area contributed by atoms with Gasteiger partial charge in [0, 0.05) is 18.1 Å². The molecule has 0 fully saturated rings. The lowest BCUT2D eigenvalue weighted by atomic mass is 10.0. The summed E-state index contributed by atoms with van der Waals surface area (Å²) in [6, 6.07) is 1.95. The maximum atomic E-state index is 7.40. The van der Waals surface area contributed by atoms with Crippen molar-refractivity contribution in [3.8, 4) is 0 Å². The number of nitrogens with one attached hydrogen (secondary N) is 1. The number of pyridine rings is 1. The van der Waals surface area contributed by atoms with Gasteiger partial charge in [-0.05, 0) is 43.5 Å². The molecule has 0 unspecified atom stereocenters. The Labute approximate surface area is 90.9 Å². The lowest BCUT2D eigenvalue weighted by molar-refractivity contribution is 1.14. The lowest BCUT2D eigenvalue weighted by Crippen LogP contribution is -1.94. The first kappa shape index (κ1) is 11.4. The first-order valence-electron chi connectivity index (χ1n) is 4.96. The van der Waals surface area contributed by atoms with Crippen molar-refractivity contribution in [3.63, 3.8) is 0 Å². The largest absolute Gasteiger partial charge is 0.308 e. The van der Waals surface area contributed by atoms with Crippen molar-refractivity contribution in [2.45, 2.75) is 20.8 Å². The topological polar surface area (TPSA) is 36.7 Å². The molecule has 78 valence electrons. The van der Waals surface area contributed by atoms with Gasteiger partial charge in [0.2, 0.25) is 0 Å². The van der Waals surface area contributed by atoms with Crippen molar-refractivity contribution in [1.82, 2.24) is 4.98 Å². The van der Waals surface area contributed by atoms with Crippen molar-refractivity contribution < 1.29 is 0 Å². The van der Waals surface area contributed by atoms with Crippen LogP contribution in [0.2, 0.25) is 0 Å². The molecule has 2 heteroatoms. The fourth-order valence-corrected chi connectivity index (χ4v) is 1.37. The summed E-state index contributed by atoms with van der Waals surface area (Å²) < 4.78 is 0. The van der Waals surface area contributed by atoms with Gasteiger partial charge in [-0.1, -0.05) is 18.2 Å². The number of nitrogens with zero attached hydrogens (tertiary/aromatic N) is 1. The molecule has 1 N–H and O–H groups in total. The highest BCUT2D eigenvalue weighted by molar-refractivity contribution is 6.09. The van der Waals surface area contributed by atoms with Crippen LogP contribution in [0.4, 0.5) is 0 Å². The second kappa shape index (κ2) is 5.25. The van der Waals surface area contributed by atoms with Crippen LogP contribution in [-0.4, -0.2) is 11.2 Å². The average Bonchev–Trinajstić information content (AvgIpc) is 2.25. The van der Waals surface area contributed by atoms with Gasteiger partial charge in [-0.2, -0.15) is 0 Å². The number of allylic oxidation sites excluding steroid dienone is 4. The molecule has 0 amide bonds. The smallest absolute Gasteiger partial charge is 0.0407 e. The van der Waals surface area contributed by atoms with E-state index < -0.39 is 0 Å². The molecular weight excluding hydrogens is 184 g/mol. The van der Waals surface area contributed by atoms with E-state index in [1.54, 1.807) is 6.20 Å². The van der Waals surface area contributed by atoms with E-state index >= 15 is 0 Å². The zero-order chi connectivity index (χ0) is 11.3. The van der Waals surface area contributed by atoms with Crippen LogP contribution in [0.1, 0.15) is 23.7 Å². The van der Waals surface area contributed by atoms with Gasteiger partial charge in [0.05, 0.1) is 0 Å². The summed E-state index contributed by atoms with van der Waals surface area (Å²) in [4.78, 5) is 4.22. The minimum Gasteiger partial charge on any atom is -0.308 e. The molecule has 1 rings (SSSR count). The zero-order valence-electron chi connectivity index (χ0n) is 9.41. The molecule has 0 saturated heterocycles. The minimum atomic E-state index is 0.913. The van der Waals surface area contributed by atoms with Crippen LogP contribution in [0.3, 0.4) is 0 Å². The molecular formula is C13H16N2. The second-order valence-electron chi connectivity index (χ2n) is 3.36. The Morgan fingerprint density at radius 1 is 1.40 bits per heavy atom. The Balaban J connectivity index is 3.24. The van der Waals surface area contributed by atoms with Crippen LogP contribution in [0.5, 0.6) is 0 Å². The van der Waals surface area contributed by atoms with Crippen molar-refractivity contribution in [3.05, 3.63) is 47.3 Å². The Morgan fingerprint density at radius 2 is 2.13 bits per heavy atom. The first-order chi connectivity index (χ1) is 7.20. The van der Waals surface area contributed by atoms with E-state index in [0.717, 1.165) is 22.4 Å². The van der Waals surface area contributed by atoms with Gasteiger partial charge in [0.15, 0.2) is 0 Å². The molecule has 0 saturated carbocycles. The van der Waals surface area contributed by atoms with Crippen LogP contribution in [-0.2, 0) is 0 Å². The molecule has 1 heterocycles. The summed E-state index contributed by atoms with van der Waals surface area (Å²) in [5.74, 6) is 0. The molecule has 0 atom stereocenters. The Bertz CT molecular complexity index is 415. The van der Waals surface area contributed by atoms with Gasteiger partial charge < -0.3 is 5.41 Å². The van der Waals surface area contributed by atoms with Crippen LogP contribution in [0.15, 0.2) is 30.5 Å². The normalized spacial score (nSPS) is 12.1. The molecule has 15 heavy (non-hydrogen) atoms. The zero-order valence-corrected chi connectivity index (χ0v) is 9.41. The van der Waals surface area contributed by atoms with Crippen LogP contribution >= 0.6 is 0 Å². The third-order valence-electron chi connectivity index (χ3n) is 2.39. The van der Waals surface area contributed by atoms with Gasteiger partial charge in [-0.25, -0.2) is 0 Å². The predicted molar refractivity (Wildman–Crippen MR) is 65.3 cm³/mol. The summed E-state index contributed by atoms with van der Waals surface area (Å²) in [5, 5.41) is 7.40. The molecule has 0 aliphatic rings. The third-order valence-corrected chi connectivity index (χ3v) is 2.39. The van der Waals surface area contributed by atoms with E-state index in [-0.39, 0.29) is 0 Å².